The Balaban J connectivity index is 1.41. The molecule has 1 aliphatic heterocycles. The van der Waals surface area contributed by atoms with Gasteiger partial charge >= 0.3 is 0 Å². The summed E-state index contributed by atoms with van der Waals surface area (Å²) in [6.07, 6.45) is 2.29. The van der Waals surface area contributed by atoms with E-state index in [1.54, 1.807) is 11.6 Å². The van der Waals surface area contributed by atoms with Crippen LogP contribution in [0.3, 0.4) is 0 Å². The van der Waals surface area contributed by atoms with Crippen molar-refractivity contribution in [1.82, 2.24) is 33.9 Å². The van der Waals surface area contributed by atoms with Crippen molar-refractivity contribution in [3.63, 3.8) is 0 Å². The molecule has 33 heavy (non-hydrogen) atoms. The molecule has 0 saturated carbocycles. The number of halogens is 1. The predicted molar refractivity (Wildman–Crippen MR) is 131 cm³/mol. The highest BCUT2D eigenvalue weighted by atomic mass is 35.5. The minimum absolute atomic E-state index is 0.0601. The van der Waals surface area contributed by atoms with E-state index in [9.17, 15) is 4.79 Å². The first-order valence-electron chi connectivity index (χ1n) is 10.5. The molecule has 1 aromatic carbocycles. The second-order valence-electron chi connectivity index (χ2n) is 7.83. The number of anilines is 1. The molecule has 9 nitrogen and oxygen atoms in total. The Morgan fingerprint density at radius 3 is 2.79 bits per heavy atom. The number of fused-ring (bicyclic) bond motifs is 3. The normalized spacial score (nSPS) is 14.2. The second-order valence-corrected chi connectivity index (χ2v) is 10.1. The number of rotatable bonds is 5. The maximum atomic E-state index is 12.6. The first-order valence-corrected chi connectivity index (χ1v) is 12.8. The Labute approximate surface area is 201 Å². The molecule has 6 rings (SSSR count). The van der Waals surface area contributed by atoms with Gasteiger partial charge in [-0.2, -0.15) is 0 Å². The Kier molecular flexibility index (Phi) is 5.11. The van der Waals surface area contributed by atoms with Gasteiger partial charge in [0.2, 0.25) is 11.7 Å². The van der Waals surface area contributed by atoms with E-state index in [2.05, 4.69) is 29.9 Å². The van der Waals surface area contributed by atoms with E-state index in [-0.39, 0.29) is 5.56 Å². The van der Waals surface area contributed by atoms with E-state index in [1.807, 2.05) is 40.1 Å². The summed E-state index contributed by atoms with van der Waals surface area (Å²) >= 11 is 9.26. The fourth-order valence-electron chi connectivity index (χ4n) is 4.19. The van der Waals surface area contributed by atoms with Crippen LogP contribution in [0.4, 0.5) is 5.95 Å². The molecule has 0 aliphatic carbocycles. The molecule has 0 N–H and O–H groups in total. The van der Waals surface area contributed by atoms with Gasteiger partial charge in [0.1, 0.15) is 10.5 Å². The van der Waals surface area contributed by atoms with Crippen LogP contribution in [0.25, 0.3) is 21.7 Å². The van der Waals surface area contributed by atoms with Crippen molar-refractivity contribution in [2.75, 3.05) is 18.0 Å². The second kappa shape index (κ2) is 8.15. The third-order valence-electron chi connectivity index (χ3n) is 5.80. The van der Waals surface area contributed by atoms with Gasteiger partial charge in [-0.3, -0.25) is 18.3 Å². The third-order valence-corrected chi connectivity index (χ3v) is 7.85. The summed E-state index contributed by atoms with van der Waals surface area (Å²) in [5, 5.41) is 21.0. The van der Waals surface area contributed by atoms with Gasteiger partial charge in [-0.1, -0.05) is 29.4 Å². The van der Waals surface area contributed by atoms with Crippen molar-refractivity contribution in [2.24, 2.45) is 7.05 Å². The molecule has 0 unspecified atom stereocenters. The molecule has 1 fully saturated rings. The van der Waals surface area contributed by atoms with Gasteiger partial charge in [0.05, 0.1) is 17.0 Å². The van der Waals surface area contributed by atoms with Crippen LogP contribution >= 0.6 is 34.7 Å². The number of hydrogen-bond donors (Lipinski definition) is 0. The van der Waals surface area contributed by atoms with Crippen LogP contribution in [0.1, 0.15) is 18.7 Å². The number of benzene rings is 1. The van der Waals surface area contributed by atoms with Crippen molar-refractivity contribution in [3.8, 4) is 5.69 Å². The van der Waals surface area contributed by atoms with Crippen LogP contribution in [-0.2, 0) is 12.8 Å². The Morgan fingerprint density at radius 2 is 1.97 bits per heavy atom. The first kappa shape index (κ1) is 20.7. The molecular formula is C21H19ClN8OS2. The largest absolute Gasteiger partial charge is 0.341 e. The number of thiophene rings is 1. The van der Waals surface area contributed by atoms with Crippen molar-refractivity contribution in [3.05, 3.63) is 56.9 Å². The molecule has 12 heteroatoms. The van der Waals surface area contributed by atoms with Crippen molar-refractivity contribution < 1.29 is 0 Å². The van der Waals surface area contributed by atoms with Gasteiger partial charge < -0.3 is 4.90 Å². The van der Waals surface area contributed by atoms with E-state index < -0.39 is 0 Å². The van der Waals surface area contributed by atoms with E-state index in [0.29, 0.717) is 21.3 Å². The van der Waals surface area contributed by atoms with Gasteiger partial charge in [0, 0.05) is 25.2 Å². The smallest absolute Gasteiger partial charge is 0.272 e. The molecule has 0 spiro atoms. The minimum atomic E-state index is -0.0601. The van der Waals surface area contributed by atoms with Crippen LogP contribution in [0.5, 0.6) is 0 Å². The van der Waals surface area contributed by atoms with Crippen molar-refractivity contribution >= 4 is 56.6 Å². The summed E-state index contributed by atoms with van der Waals surface area (Å²) in [4.78, 5) is 14.9. The molecule has 5 heterocycles. The fourth-order valence-corrected chi connectivity index (χ4v) is 6.09. The summed E-state index contributed by atoms with van der Waals surface area (Å²) < 4.78 is 6.23. The number of aryl methyl sites for hydroxylation is 1. The monoisotopic (exact) mass is 498 g/mol. The van der Waals surface area contributed by atoms with E-state index in [0.717, 1.165) is 54.1 Å². The van der Waals surface area contributed by atoms with Gasteiger partial charge in [-0.25, -0.2) is 0 Å². The average molecular weight is 499 g/mol. The predicted octanol–water partition coefficient (Wildman–Crippen LogP) is 3.77. The average Bonchev–Trinajstić information content (AvgIpc) is 3.60. The number of hydrogen-bond acceptors (Lipinski definition) is 8. The quantitative estimate of drug-likeness (QED) is 0.341. The topological polar surface area (TPSA) is 86.1 Å². The maximum absolute atomic E-state index is 12.6. The van der Waals surface area contributed by atoms with Crippen LogP contribution in [0, 0.1) is 0 Å². The molecule has 0 radical (unpaired) electrons. The molecular weight excluding hydrogens is 480 g/mol. The summed E-state index contributed by atoms with van der Waals surface area (Å²) in [6.45, 7) is 1.92. The van der Waals surface area contributed by atoms with Crippen molar-refractivity contribution in [2.45, 2.75) is 23.8 Å². The van der Waals surface area contributed by atoms with Crippen LogP contribution in [0.15, 0.2) is 45.7 Å². The van der Waals surface area contributed by atoms with Gasteiger partial charge in [0.15, 0.2) is 5.16 Å². The summed E-state index contributed by atoms with van der Waals surface area (Å²) in [5.74, 6) is 2.61. The van der Waals surface area contributed by atoms with Gasteiger partial charge in [0.25, 0.3) is 5.56 Å². The highest BCUT2D eigenvalue weighted by molar-refractivity contribution is 7.98. The molecule has 168 valence electrons. The molecule has 0 bridgehead atoms. The Bertz CT molecular complexity index is 1550. The first-order chi connectivity index (χ1) is 16.1. The molecule has 4 aromatic heterocycles. The zero-order chi connectivity index (χ0) is 22.5. The maximum Gasteiger partial charge on any atom is 0.272 e. The lowest BCUT2D eigenvalue weighted by atomic mass is 10.3. The van der Waals surface area contributed by atoms with Crippen molar-refractivity contribution in [1.29, 1.82) is 0 Å². The number of nitrogens with zero attached hydrogens (tertiary/aromatic N) is 8. The highest BCUT2D eigenvalue weighted by Crippen LogP contribution is 2.31. The summed E-state index contributed by atoms with van der Waals surface area (Å²) in [5.41, 5.74) is 1.69. The molecule has 0 amide bonds. The Morgan fingerprint density at radius 1 is 1.12 bits per heavy atom. The fraction of sp³-hybridized carbons (Fsp3) is 0.286. The molecule has 1 saturated heterocycles. The molecule has 1 aliphatic rings. The SMILES string of the molecule is Cn1c(=O)c2sccc2n2c(CSc3nnc(N4CCCC4)n3-c3cccc(Cl)c3)nnc12. The lowest BCUT2D eigenvalue weighted by molar-refractivity contribution is 0.840. The van der Waals surface area contributed by atoms with E-state index in [4.69, 9.17) is 11.6 Å². The summed E-state index contributed by atoms with van der Waals surface area (Å²) in [7, 11) is 1.72. The lowest BCUT2D eigenvalue weighted by Gasteiger charge is -2.18. The summed E-state index contributed by atoms with van der Waals surface area (Å²) in [6, 6.07) is 9.66. The number of thioether (sulfide) groups is 1. The standard InChI is InChI=1S/C21H19ClN8OS2/c1-27-18(31)17-15(7-10-32-17)30-16(23-24-19(27)30)12-33-21-26-25-20(28-8-2-3-9-28)29(21)14-6-4-5-13(22)11-14/h4-7,10-11H,2-3,8-9,12H2,1H3. The Hall–Kier alpha value is -2.89. The highest BCUT2D eigenvalue weighted by Gasteiger charge is 2.23. The number of aromatic nitrogens is 7. The lowest BCUT2D eigenvalue weighted by Crippen LogP contribution is -2.22. The van der Waals surface area contributed by atoms with E-state index >= 15 is 0 Å². The zero-order valence-electron chi connectivity index (χ0n) is 17.7. The minimum Gasteiger partial charge on any atom is -0.341 e. The molecule has 0 atom stereocenters. The van der Waals surface area contributed by atoms with Gasteiger partial charge in [-0.15, -0.1) is 31.7 Å². The van der Waals surface area contributed by atoms with Crippen LogP contribution < -0.4 is 10.5 Å². The van der Waals surface area contributed by atoms with E-state index in [1.165, 1.54) is 23.1 Å². The third kappa shape index (κ3) is 3.42. The molecule has 5 aromatic rings. The van der Waals surface area contributed by atoms with Gasteiger partial charge in [-0.05, 0) is 42.5 Å². The zero-order valence-corrected chi connectivity index (χ0v) is 20.1. The van der Waals surface area contributed by atoms with Crippen LogP contribution in [0.2, 0.25) is 5.02 Å². The van der Waals surface area contributed by atoms with Crippen LogP contribution in [-0.4, -0.2) is 47.0 Å².